The van der Waals surface area contributed by atoms with Crippen LogP contribution in [0.3, 0.4) is 0 Å². The first-order valence-corrected chi connectivity index (χ1v) is 8.23. The zero-order valence-electron chi connectivity index (χ0n) is 12.0. The van der Waals surface area contributed by atoms with Gasteiger partial charge in [-0.15, -0.1) is 0 Å². The molecule has 2 rings (SSSR count). The van der Waals surface area contributed by atoms with Gasteiger partial charge >= 0.3 is 0 Å². The van der Waals surface area contributed by atoms with Crippen LogP contribution in [0.4, 0.5) is 22.7 Å². The summed E-state index contributed by atoms with van der Waals surface area (Å²) in [7, 11) is -3.77. The summed E-state index contributed by atoms with van der Waals surface area (Å²) in [6.45, 7) is -0.541. The Hall–Kier alpha value is -2.65. The van der Waals surface area contributed by atoms with Crippen LogP contribution in [0, 0.1) is 10.1 Å². The molecule has 23 heavy (non-hydrogen) atoms. The van der Waals surface area contributed by atoms with Crippen LogP contribution >= 0.6 is 0 Å². The predicted octanol–water partition coefficient (Wildman–Crippen LogP) is 1.69. The van der Waals surface area contributed by atoms with Gasteiger partial charge in [-0.3, -0.25) is 10.1 Å². The zero-order valence-corrected chi connectivity index (χ0v) is 12.8. The largest absolute Gasteiger partial charge is 0.399 e. The monoisotopic (exact) mass is 337 g/mol. The first-order chi connectivity index (χ1) is 10.8. The number of rotatable bonds is 6. The lowest BCUT2D eigenvalue weighted by Gasteiger charge is -2.12. The fraction of sp³-hybridized carbons (Fsp3) is 0.143. The van der Waals surface area contributed by atoms with Crippen molar-refractivity contribution in [3.05, 3.63) is 52.6 Å². The van der Waals surface area contributed by atoms with Crippen LogP contribution < -0.4 is 11.1 Å². The van der Waals surface area contributed by atoms with Gasteiger partial charge in [0.1, 0.15) is 0 Å². The highest BCUT2D eigenvalue weighted by Crippen LogP contribution is 2.30. The fourth-order valence-corrected chi connectivity index (χ4v) is 3.13. The Morgan fingerprint density at radius 3 is 2.39 bits per heavy atom. The van der Waals surface area contributed by atoms with Crippen molar-refractivity contribution < 1.29 is 18.4 Å². The summed E-state index contributed by atoms with van der Waals surface area (Å²) in [5, 5.41) is 22.6. The van der Waals surface area contributed by atoms with Gasteiger partial charge in [0.25, 0.3) is 5.69 Å². The van der Waals surface area contributed by atoms with Crippen LogP contribution in [0.15, 0.2) is 47.4 Å². The van der Waals surface area contributed by atoms with Crippen molar-refractivity contribution in [2.75, 3.05) is 23.4 Å². The summed E-state index contributed by atoms with van der Waals surface area (Å²) in [5.74, 6) is -0.471. The van der Waals surface area contributed by atoms with Gasteiger partial charge in [0.05, 0.1) is 27.9 Å². The maximum Gasteiger partial charge on any atom is 0.271 e. The zero-order chi connectivity index (χ0) is 17.0. The molecule has 122 valence electrons. The van der Waals surface area contributed by atoms with Gasteiger partial charge in [0.2, 0.25) is 0 Å². The van der Waals surface area contributed by atoms with Crippen LogP contribution in [0.5, 0.6) is 0 Å². The van der Waals surface area contributed by atoms with Gasteiger partial charge in [-0.2, -0.15) is 0 Å². The summed E-state index contributed by atoms with van der Waals surface area (Å²) in [6.07, 6.45) is 0. The average Bonchev–Trinajstić information content (AvgIpc) is 2.49. The van der Waals surface area contributed by atoms with Crippen LogP contribution in [0.1, 0.15) is 0 Å². The molecule has 0 aromatic heterocycles. The highest BCUT2D eigenvalue weighted by molar-refractivity contribution is 7.91. The SMILES string of the molecule is Nc1ccc(Nc2cc([N+](=O)[O-])ccc2S(=O)(=O)CCO)cc1. The molecule has 0 unspecified atom stereocenters. The fourth-order valence-electron chi connectivity index (χ4n) is 1.95. The molecule has 9 heteroatoms. The van der Waals surface area contributed by atoms with Crippen molar-refractivity contribution in [3.8, 4) is 0 Å². The van der Waals surface area contributed by atoms with Crippen molar-refractivity contribution in [2.45, 2.75) is 4.90 Å². The highest BCUT2D eigenvalue weighted by Gasteiger charge is 2.21. The topological polar surface area (TPSA) is 136 Å². The minimum Gasteiger partial charge on any atom is -0.399 e. The third-order valence-corrected chi connectivity index (χ3v) is 4.80. The van der Waals surface area contributed by atoms with Crippen LogP contribution in [0.2, 0.25) is 0 Å². The lowest BCUT2D eigenvalue weighted by molar-refractivity contribution is -0.384. The first-order valence-electron chi connectivity index (χ1n) is 6.58. The molecule has 8 nitrogen and oxygen atoms in total. The number of nitrogens with one attached hydrogen (secondary N) is 1. The molecule has 0 aliphatic carbocycles. The molecule has 0 heterocycles. The minimum atomic E-state index is -3.77. The van der Waals surface area contributed by atoms with Crippen LogP contribution in [0.25, 0.3) is 0 Å². The van der Waals surface area contributed by atoms with Gasteiger partial charge in [-0.1, -0.05) is 0 Å². The molecule has 0 fully saturated rings. The van der Waals surface area contributed by atoms with E-state index in [2.05, 4.69) is 5.32 Å². The second-order valence-corrected chi connectivity index (χ2v) is 6.80. The van der Waals surface area contributed by atoms with Crippen molar-refractivity contribution in [1.82, 2.24) is 0 Å². The maximum absolute atomic E-state index is 12.2. The molecule has 4 N–H and O–H groups in total. The third kappa shape index (κ3) is 3.96. The van der Waals surface area contributed by atoms with E-state index in [9.17, 15) is 18.5 Å². The third-order valence-electron chi connectivity index (χ3n) is 3.06. The van der Waals surface area contributed by atoms with Gasteiger partial charge in [-0.05, 0) is 30.3 Å². The number of hydrogen-bond donors (Lipinski definition) is 3. The number of nitro groups is 1. The van der Waals surface area contributed by atoms with Crippen molar-refractivity contribution in [1.29, 1.82) is 0 Å². The Bertz CT molecular complexity index is 819. The molecular weight excluding hydrogens is 322 g/mol. The summed E-state index contributed by atoms with van der Waals surface area (Å²) >= 11 is 0. The first kappa shape index (κ1) is 16.7. The molecule has 0 bridgehead atoms. The number of nitrogens with zero attached hydrogens (tertiary/aromatic N) is 1. The van der Waals surface area contributed by atoms with Crippen molar-refractivity contribution in [3.63, 3.8) is 0 Å². The lowest BCUT2D eigenvalue weighted by Crippen LogP contribution is -2.12. The molecule has 0 aliphatic rings. The summed E-state index contributed by atoms with van der Waals surface area (Å²) < 4.78 is 24.4. The second-order valence-electron chi connectivity index (χ2n) is 4.73. The van der Waals surface area contributed by atoms with E-state index in [1.165, 1.54) is 0 Å². The number of hydrogen-bond acceptors (Lipinski definition) is 7. The van der Waals surface area contributed by atoms with Crippen LogP contribution in [-0.4, -0.2) is 30.8 Å². The van der Waals surface area contributed by atoms with Crippen LogP contribution in [-0.2, 0) is 9.84 Å². The van der Waals surface area contributed by atoms with E-state index in [0.29, 0.717) is 11.4 Å². The molecular formula is C14H15N3O5S. The number of anilines is 3. The van der Waals surface area contributed by atoms with Gasteiger partial charge < -0.3 is 16.2 Å². The Morgan fingerprint density at radius 2 is 1.83 bits per heavy atom. The van der Waals surface area contributed by atoms with E-state index in [-0.39, 0.29) is 16.3 Å². The highest BCUT2D eigenvalue weighted by atomic mass is 32.2. The van der Waals surface area contributed by atoms with Crippen molar-refractivity contribution in [2.24, 2.45) is 0 Å². The molecule has 0 spiro atoms. The number of sulfone groups is 1. The number of benzene rings is 2. The number of aliphatic hydroxyl groups is 1. The van der Waals surface area contributed by atoms with E-state index in [1.807, 2.05) is 0 Å². The molecule has 2 aromatic rings. The summed E-state index contributed by atoms with van der Waals surface area (Å²) in [4.78, 5) is 10.2. The molecule has 0 saturated carbocycles. The number of non-ortho nitro benzene ring substituents is 1. The predicted molar refractivity (Wildman–Crippen MR) is 86.4 cm³/mol. The normalized spacial score (nSPS) is 11.2. The van der Waals surface area contributed by atoms with E-state index >= 15 is 0 Å². The molecule has 0 atom stereocenters. The minimum absolute atomic E-state index is 0.0671. The molecule has 0 aliphatic heterocycles. The van der Waals surface area contributed by atoms with Gasteiger partial charge in [0, 0.05) is 23.5 Å². The molecule has 0 saturated heterocycles. The number of nitrogen functional groups attached to an aromatic ring is 1. The Labute approximate surface area is 132 Å². The Morgan fingerprint density at radius 1 is 1.17 bits per heavy atom. The number of aliphatic hydroxyl groups excluding tert-OH is 1. The average molecular weight is 337 g/mol. The van der Waals surface area contributed by atoms with Gasteiger partial charge in [0.15, 0.2) is 9.84 Å². The maximum atomic E-state index is 12.2. The Balaban J connectivity index is 2.50. The van der Waals surface area contributed by atoms with E-state index in [1.54, 1.807) is 24.3 Å². The quantitative estimate of drug-likeness (QED) is 0.414. The summed E-state index contributed by atoms with van der Waals surface area (Å²) in [5.41, 5.74) is 6.46. The lowest BCUT2D eigenvalue weighted by atomic mass is 10.2. The number of nitrogens with two attached hydrogens (primary N) is 1. The standard InChI is InChI=1S/C14H15N3O5S/c15-10-1-3-11(4-2-10)16-13-9-12(17(19)20)5-6-14(13)23(21,22)8-7-18/h1-6,9,16,18H,7-8,15H2. The molecule has 0 amide bonds. The molecule has 0 radical (unpaired) electrons. The molecule has 2 aromatic carbocycles. The van der Waals surface area contributed by atoms with E-state index < -0.39 is 27.1 Å². The number of nitro benzene ring substituents is 1. The summed E-state index contributed by atoms with van der Waals surface area (Å²) in [6, 6.07) is 9.87. The van der Waals surface area contributed by atoms with Gasteiger partial charge in [-0.25, -0.2) is 8.42 Å². The van der Waals surface area contributed by atoms with E-state index in [0.717, 1.165) is 18.2 Å². The Kier molecular flexibility index (Phi) is 4.82. The van der Waals surface area contributed by atoms with E-state index in [4.69, 9.17) is 10.8 Å². The second kappa shape index (κ2) is 6.63. The smallest absolute Gasteiger partial charge is 0.271 e. The van der Waals surface area contributed by atoms with Crippen molar-refractivity contribution >= 4 is 32.6 Å².